The monoisotopic (exact) mass is 228 g/mol. The molecule has 0 unspecified atom stereocenters. The minimum atomic E-state index is -0.806. The van der Waals surface area contributed by atoms with Crippen molar-refractivity contribution in [3.8, 4) is 11.4 Å². The van der Waals surface area contributed by atoms with Crippen molar-refractivity contribution in [3.05, 3.63) is 30.3 Å². The predicted molar refractivity (Wildman–Crippen MR) is 54.0 cm³/mol. The minimum Gasteiger partial charge on any atom is -0.130 e. The molecule has 1 aromatic carbocycles. The molecule has 0 N–H and O–H groups in total. The largest absolute Gasteiger partial charge is 0.219 e. The van der Waals surface area contributed by atoms with Crippen LogP contribution in [0.1, 0.15) is 4.96 Å². The van der Waals surface area contributed by atoms with Crippen molar-refractivity contribution in [2.45, 2.75) is 4.96 Å². The first-order chi connectivity index (χ1) is 6.77. The number of aromatic nitrogens is 4. The molecule has 0 aliphatic rings. The molecule has 0 saturated heterocycles. The van der Waals surface area contributed by atoms with E-state index in [0.29, 0.717) is 5.82 Å². The van der Waals surface area contributed by atoms with E-state index in [2.05, 4.69) is 15.4 Å². The van der Waals surface area contributed by atoms with Crippen LogP contribution in [0.3, 0.4) is 0 Å². The third kappa shape index (κ3) is 1.86. The molecule has 0 fully saturated rings. The first-order valence-electron chi connectivity index (χ1n) is 3.90. The van der Waals surface area contributed by atoms with Gasteiger partial charge in [-0.3, -0.25) is 0 Å². The quantitative estimate of drug-likeness (QED) is 0.742. The number of alkyl halides is 2. The Morgan fingerprint density at radius 3 is 2.43 bits per heavy atom. The Hall–Kier alpha value is -1.13. The highest BCUT2D eigenvalue weighted by Crippen LogP contribution is 2.17. The van der Waals surface area contributed by atoms with Crippen LogP contribution < -0.4 is 0 Å². The molecule has 2 aromatic rings. The molecule has 1 heterocycles. The summed E-state index contributed by atoms with van der Waals surface area (Å²) >= 11 is 11.1. The first-order valence-corrected chi connectivity index (χ1v) is 4.78. The first kappa shape index (κ1) is 9.43. The molecule has 0 atom stereocenters. The fourth-order valence-electron chi connectivity index (χ4n) is 1.01. The maximum absolute atomic E-state index is 5.57. The van der Waals surface area contributed by atoms with E-state index >= 15 is 0 Å². The van der Waals surface area contributed by atoms with Gasteiger partial charge in [0, 0.05) is 5.56 Å². The number of nitrogens with zero attached hydrogens (tertiary/aromatic N) is 4. The standard InChI is InChI=1S/C8H6Cl2N4/c9-8(10)14-12-7(11-13-14)6-4-2-1-3-5-6/h1-5,8H. The van der Waals surface area contributed by atoms with Crippen LogP contribution in [0.25, 0.3) is 11.4 Å². The normalized spacial score (nSPS) is 10.8. The van der Waals surface area contributed by atoms with Crippen molar-refractivity contribution in [3.63, 3.8) is 0 Å². The lowest BCUT2D eigenvalue weighted by atomic mass is 10.2. The Balaban J connectivity index is 2.34. The Bertz CT molecular complexity index is 412. The van der Waals surface area contributed by atoms with Crippen molar-refractivity contribution in [1.82, 2.24) is 20.2 Å². The molecule has 0 saturated carbocycles. The van der Waals surface area contributed by atoms with Crippen LogP contribution in [-0.2, 0) is 0 Å². The third-order valence-corrected chi connectivity index (χ3v) is 1.98. The molecule has 0 radical (unpaired) electrons. The van der Waals surface area contributed by atoms with E-state index in [9.17, 15) is 0 Å². The van der Waals surface area contributed by atoms with Gasteiger partial charge in [-0.1, -0.05) is 53.5 Å². The molecule has 4 nitrogen and oxygen atoms in total. The molecular formula is C8H6Cl2N4. The van der Waals surface area contributed by atoms with Gasteiger partial charge in [0.15, 0.2) is 0 Å². The van der Waals surface area contributed by atoms with E-state index in [4.69, 9.17) is 23.2 Å². The number of tetrazole rings is 1. The lowest BCUT2D eigenvalue weighted by Crippen LogP contribution is -2.00. The maximum Gasteiger partial charge on any atom is 0.219 e. The van der Waals surface area contributed by atoms with Gasteiger partial charge in [-0.05, 0) is 5.21 Å². The summed E-state index contributed by atoms with van der Waals surface area (Å²) in [5, 5.41) is 11.5. The van der Waals surface area contributed by atoms with Crippen molar-refractivity contribution in [2.75, 3.05) is 0 Å². The van der Waals surface area contributed by atoms with Gasteiger partial charge in [0.05, 0.1) is 0 Å². The van der Waals surface area contributed by atoms with Crippen molar-refractivity contribution < 1.29 is 0 Å². The van der Waals surface area contributed by atoms with Crippen molar-refractivity contribution in [1.29, 1.82) is 0 Å². The topological polar surface area (TPSA) is 43.6 Å². The lowest BCUT2D eigenvalue weighted by molar-refractivity contribution is 0.597. The Morgan fingerprint density at radius 2 is 1.86 bits per heavy atom. The Labute approximate surface area is 90.4 Å². The van der Waals surface area contributed by atoms with Crippen LogP contribution in [0.2, 0.25) is 0 Å². The molecule has 14 heavy (non-hydrogen) atoms. The van der Waals surface area contributed by atoms with Crippen LogP contribution in [0.5, 0.6) is 0 Å². The van der Waals surface area contributed by atoms with Gasteiger partial charge in [0.25, 0.3) is 0 Å². The highest BCUT2D eigenvalue weighted by molar-refractivity contribution is 6.41. The SMILES string of the molecule is ClC(Cl)n1nnc(-c2ccccc2)n1. The molecule has 0 aliphatic heterocycles. The fourth-order valence-corrected chi connectivity index (χ4v) is 1.18. The van der Waals surface area contributed by atoms with Gasteiger partial charge in [-0.25, -0.2) is 0 Å². The smallest absolute Gasteiger partial charge is 0.130 e. The van der Waals surface area contributed by atoms with E-state index < -0.39 is 4.96 Å². The van der Waals surface area contributed by atoms with Gasteiger partial charge in [0.2, 0.25) is 10.8 Å². The zero-order chi connectivity index (χ0) is 9.97. The number of hydrogen-bond acceptors (Lipinski definition) is 3. The summed E-state index contributed by atoms with van der Waals surface area (Å²) in [7, 11) is 0. The summed E-state index contributed by atoms with van der Waals surface area (Å²) in [5.41, 5.74) is 0.882. The van der Waals surface area contributed by atoms with Crippen LogP contribution in [0, 0.1) is 0 Å². The van der Waals surface area contributed by atoms with Crippen LogP contribution >= 0.6 is 23.2 Å². The van der Waals surface area contributed by atoms with Gasteiger partial charge in [-0.2, -0.15) is 0 Å². The highest BCUT2D eigenvalue weighted by Gasteiger charge is 2.08. The second-order valence-corrected chi connectivity index (χ2v) is 3.63. The maximum atomic E-state index is 5.57. The van der Waals surface area contributed by atoms with Gasteiger partial charge < -0.3 is 0 Å². The van der Waals surface area contributed by atoms with E-state index in [1.807, 2.05) is 30.3 Å². The summed E-state index contributed by atoms with van der Waals surface area (Å²) in [6, 6.07) is 9.49. The summed E-state index contributed by atoms with van der Waals surface area (Å²) < 4.78 is 0. The summed E-state index contributed by atoms with van der Waals surface area (Å²) in [5.74, 6) is 0.511. The summed E-state index contributed by atoms with van der Waals surface area (Å²) in [4.78, 5) is 0.339. The van der Waals surface area contributed by atoms with Crippen LogP contribution in [-0.4, -0.2) is 20.2 Å². The molecule has 1 aromatic heterocycles. The van der Waals surface area contributed by atoms with Gasteiger partial charge in [-0.15, -0.1) is 15.0 Å². The summed E-state index contributed by atoms with van der Waals surface area (Å²) in [6.45, 7) is 0. The molecule has 72 valence electrons. The second-order valence-electron chi connectivity index (χ2n) is 2.58. The average Bonchev–Trinajstić information content (AvgIpc) is 2.68. The van der Waals surface area contributed by atoms with E-state index in [0.717, 1.165) is 10.4 Å². The van der Waals surface area contributed by atoms with Crippen LogP contribution in [0.15, 0.2) is 30.3 Å². The second kappa shape index (κ2) is 3.94. The number of rotatable bonds is 2. The molecular weight excluding hydrogens is 223 g/mol. The van der Waals surface area contributed by atoms with E-state index in [-0.39, 0.29) is 0 Å². The fraction of sp³-hybridized carbons (Fsp3) is 0.125. The predicted octanol–water partition coefficient (Wildman–Crippen LogP) is 2.27. The van der Waals surface area contributed by atoms with Gasteiger partial charge in [0.1, 0.15) is 0 Å². The van der Waals surface area contributed by atoms with Crippen molar-refractivity contribution >= 4 is 23.2 Å². The molecule has 0 spiro atoms. The van der Waals surface area contributed by atoms with Gasteiger partial charge >= 0.3 is 0 Å². The van der Waals surface area contributed by atoms with Crippen molar-refractivity contribution in [2.24, 2.45) is 0 Å². The highest BCUT2D eigenvalue weighted by atomic mass is 35.5. The van der Waals surface area contributed by atoms with E-state index in [1.165, 1.54) is 0 Å². The lowest BCUT2D eigenvalue weighted by Gasteiger charge is -1.94. The van der Waals surface area contributed by atoms with Crippen LogP contribution in [0.4, 0.5) is 0 Å². The molecule has 2 rings (SSSR count). The average molecular weight is 229 g/mol. The zero-order valence-corrected chi connectivity index (χ0v) is 8.52. The Morgan fingerprint density at radius 1 is 1.14 bits per heavy atom. The van der Waals surface area contributed by atoms with E-state index in [1.54, 1.807) is 0 Å². The minimum absolute atomic E-state index is 0.511. The molecule has 0 bridgehead atoms. The molecule has 0 amide bonds. The molecule has 6 heteroatoms. The number of hydrogen-bond donors (Lipinski definition) is 0. The number of halogens is 2. The third-order valence-electron chi connectivity index (χ3n) is 1.63. The Kier molecular flexibility index (Phi) is 2.65. The zero-order valence-electron chi connectivity index (χ0n) is 7.01. The molecule has 0 aliphatic carbocycles. The summed E-state index contributed by atoms with van der Waals surface area (Å²) in [6.07, 6.45) is 0. The number of benzene rings is 1.